The molecule has 1 amide bonds. The van der Waals surface area contributed by atoms with Crippen LogP contribution in [0, 0.1) is 0 Å². The lowest BCUT2D eigenvalue weighted by molar-refractivity contribution is -0.132. The number of ketones is 1. The summed E-state index contributed by atoms with van der Waals surface area (Å²) in [5.74, 6) is -0.474. The number of methoxy groups -OCH3 is 3. The number of aliphatic hydroxyl groups excluding tert-OH is 1. The van der Waals surface area contributed by atoms with Gasteiger partial charge >= 0.3 is 0 Å². The standard InChI is InChI=1S/C28H29NO7/c1-28(2,3)16-9-10-21(35-6)20(12-16)25(30)23-24(22-8-7-11-36-22)29(27(32)26(23)31)17-13-18(33-4)15-19(14-17)34-5/h7-15,24,30H,1-6H3/b25-23+. The number of hydrogen-bond donors (Lipinski definition) is 1. The summed E-state index contributed by atoms with van der Waals surface area (Å²) in [6.07, 6.45) is 1.45. The second kappa shape index (κ2) is 9.45. The average Bonchev–Trinajstić information content (AvgIpc) is 3.49. The number of amides is 1. The van der Waals surface area contributed by atoms with E-state index in [-0.39, 0.29) is 16.7 Å². The third-order valence-corrected chi connectivity index (χ3v) is 6.19. The number of carbonyl (C=O) groups excluding carboxylic acids is 2. The number of ether oxygens (including phenoxy) is 3. The first-order valence-corrected chi connectivity index (χ1v) is 11.4. The van der Waals surface area contributed by atoms with Crippen LogP contribution in [0.25, 0.3) is 5.76 Å². The van der Waals surface area contributed by atoms with Gasteiger partial charge in [0, 0.05) is 18.2 Å². The molecule has 1 aliphatic rings. The molecule has 8 nitrogen and oxygen atoms in total. The Morgan fingerprint density at radius 1 is 0.944 bits per heavy atom. The predicted octanol–water partition coefficient (Wildman–Crippen LogP) is 5.23. The van der Waals surface area contributed by atoms with Gasteiger partial charge in [-0.15, -0.1) is 0 Å². The number of nitrogens with zero attached hydrogens (tertiary/aromatic N) is 1. The number of rotatable bonds is 6. The van der Waals surface area contributed by atoms with Crippen LogP contribution >= 0.6 is 0 Å². The van der Waals surface area contributed by atoms with Crippen LogP contribution in [0.4, 0.5) is 5.69 Å². The minimum atomic E-state index is -1.03. The molecule has 0 aliphatic carbocycles. The molecule has 1 aromatic heterocycles. The Labute approximate surface area is 209 Å². The van der Waals surface area contributed by atoms with Crippen LogP contribution in [0.5, 0.6) is 17.2 Å². The van der Waals surface area contributed by atoms with Crippen molar-refractivity contribution in [2.24, 2.45) is 0 Å². The van der Waals surface area contributed by atoms with E-state index in [2.05, 4.69) is 0 Å². The summed E-state index contributed by atoms with van der Waals surface area (Å²) in [7, 11) is 4.46. The van der Waals surface area contributed by atoms with Gasteiger partial charge in [-0.05, 0) is 35.2 Å². The number of aliphatic hydroxyl groups is 1. The summed E-state index contributed by atoms with van der Waals surface area (Å²) in [6.45, 7) is 6.11. The van der Waals surface area contributed by atoms with Crippen molar-refractivity contribution in [1.29, 1.82) is 0 Å². The summed E-state index contributed by atoms with van der Waals surface area (Å²) < 4.78 is 21.9. The van der Waals surface area contributed by atoms with E-state index in [1.165, 1.54) is 32.5 Å². The van der Waals surface area contributed by atoms with E-state index in [1.54, 1.807) is 42.5 Å². The molecule has 1 saturated heterocycles. The largest absolute Gasteiger partial charge is 0.507 e. The second-order valence-corrected chi connectivity index (χ2v) is 9.42. The highest BCUT2D eigenvalue weighted by Gasteiger charge is 2.48. The molecule has 1 N–H and O–H groups in total. The Hall–Kier alpha value is -4.20. The highest BCUT2D eigenvalue weighted by Crippen LogP contribution is 2.45. The van der Waals surface area contributed by atoms with Crippen molar-refractivity contribution in [3.05, 3.63) is 77.3 Å². The maximum atomic E-state index is 13.4. The van der Waals surface area contributed by atoms with Crippen LogP contribution in [-0.2, 0) is 15.0 Å². The summed E-state index contributed by atoms with van der Waals surface area (Å²) in [5, 5.41) is 11.6. The van der Waals surface area contributed by atoms with Crippen LogP contribution in [0.3, 0.4) is 0 Å². The SMILES string of the molecule is COc1cc(OC)cc(N2C(=O)C(=O)/C(=C(/O)c3cc(C(C)(C)C)ccc3OC)C2c2ccco2)c1. The van der Waals surface area contributed by atoms with Crippen LogP contribution < -0.4 is 19.1 Å². The molecule has 0 radical (unpaired) electrons. The van der Waals surface area contributed by atoms with E-state index in [0.29, 0.717) is 34.3 Å². The molecule has 2 heterocycles. The molecular formula is C28H29NO7. The van der Waals surface area contributed by atoms with Crippen molar-refractivity contribution in [2.75, 3.05) is 26.2 Å². The Bertz CT molecular complexity index is 1310. The van der Waals surface area contributed by atoms with Gasteiger partial charge in [-0.1, -0.05) is 26.8 Å². The quantitative estimate of drug-likeness (QED) is 0.286. The Morgan fingerprint density at radius 2 is 1.61 bits per heavy atom. The maximum absolute atomic E-state index is 13.4. The molecule has 36 heavy (non-hydrogen) atoms. The van der Waals surface area contributed by atoms with Gasteiger partial charge in [-0.3, -0.25) is 14.5 Å². The molecule has 0 saturated carbocycles. The van der Waals surface area contributed by atoms with Crippen molar-refractivity contribution >= 4 is 23.1 Å². The summed E-state index contributed by atoms with van der Waals surface area (Å²) in [4.78, 5) is 28.1. The third-order valence-electron chi connectivity index (χ3n) is 6.19. The number of carbonyl (C=O) groups is 2. The van der Waals surface area contributed by atoms with Crippen molar-refractivity contribution < 1.29 is 33.3 Å². The zero-order valence-corrected chi connectivity index (χ0v) is 21.1. The lowest BCUT2D eigenvalue weighted by Crippen LogP contribution is -2.29. The first-order valence-electron chi connectivity index (χ1n) is 11.4. The average molecular weight is 492 g/mol. The summed E-state index contributed by atoms with van der Waals surface area (Å²) >= 11 is 0. The van der Waals surface area contributed by atoms with Gasteiger partial charge in [-0.2, -0.15) is 0 Å². The lowest BCUT2D eigenvalue weighted by Gasteiger charge is -2.25. The second-order valence-electron chi connectivity index (χ2n) is 9.42. The zero-order valence-electron chi connectivity index (χ0n) is 21.1. The Kier molecular flexibility index (Phi) is 6.54. The van der Waals surface area contributed by atoms with Crippen LogP contribution in [0.1, 0.15) is 43.7 Å². The van der Waals surface area contributed by atoms with Gasteiger partial charge in [0.1, 0.15) is 34.8 Å². The van der Waals surface area contributed by atoms with E-state index in [1.807, 2.05) is 26.8 Å². The monoisotopic (exact) mass is 491 g/mol. The van der Waals surface area contributed by atoms with E-state index in [0.717, 1.165) is 5.56 Å². The molecule has 3 aromatic rings. The minimum Gasteiger partial charge on any atom is -0.507 e. The Morgan fingerprint density at radius 3 is 2.14 bits per heavy atom. The minimum absolute atomic E-state index is 0.110. The summed E-state index contributed by atoms with van der Waals surface area (Å²) in [6, 6.07) is 12.6. The van der Waals surface area contributed by atoms with Crippen LogP contribution in [-0.4, -0.2) is 38.1 Å². The highest BCUT2D eigenvalue weighted by molar-refractivity contribution is 6.51. The number of hydrogen-bond acceptors (Lipinski definition) is 7. The smallest absolute Gasteiger partial charge is 0.300 e. The van der Waals surface area contributed by atoms with Gasteiger partial charge < -0.3 is 23.7 Å². The number of benzene rings is 2. The lowest BCUT2D eigenvalue weighted by atomic mass is 9.85. The van der Waals surface area contributed by atoms with Gasteiger partial charge in [0.25, 0.3) is 11.7 Å². The van der Waals surface area contributed by atoms with Gasteiger partial charge in [0.15, 0.2) is 0 Å². The molecule has 1 fully saturated rings. The first-order chi connectivity index (χ1) is 17.1. The topological polar surface area (TPSA) is 98.4 Å². The normalized spacial score (nSPS) is 17.4. The van der Waals surface area contributed by atoms with Gasteiger partial charge in [0.05, 0.1) is 44.4 Å². The zero-order chi connectivity index (χ0) is 26.2. The number of anilines is 1. The van der Waals surface area contributed by atoms with E-state index in [9.17, 15) is 14.7 Å². The fourth-order valence-electron chi connectivity index (χ4n) is 4.25. The van der Waals surface area contributed by atoms with E-state index in [4.69, 9.17) is 18.6 Å². The molecule has 0 bridgehead atoms. The third kappa shape index (κ3) is 4.30. The van der Waals surface area contributed by atoms with E-state index < -0.39 is 17.7 Å². The molecule has 1 atom stereocenters. The van der Waals surface area contributed by atoms with Crippen LogP contribution in [0.15, 0.2) is 64.8 Å². The first kappa shape index (κ1) is 24.9. The van der Waals surface area contributed by atoms with Gasteiger partial charge in [0.2, 0.25) is 0 Å². The molecule has 1 unspecified atom stereocenters. The fraction of sp³-hybridized carbons (Fsp3) is 0.286. The summed E-state index contributed by atoms with van der Waals surface area (Å²) in [5.41, 5.74) is 1.24. The number of furan rings is 1. The van der Waals surface area contributed by atoms with Crippen molar-refractivity contribution in [3.8, 4) is 17.2 Å². The predicted molar refractivity (Wildman–Crippen MR) is 135 cm³/mol. The maximum Gasteiger partial charge on any atom is 0.300 e. The molecule has 1 aliphatic heterocycles. The molecule has 4 rings (SSSR count). The number of Topliss-reactive ketones (excluding diaryl/α,β-unsaturated/α-hetero) is 1. The van der Waals surface area contributed by atoms with Crippen LogP contribution in [0.2, 0.25) is 0 Å². The molecule has 0 spiro atoms. The Balaban J connectivity index is 1.98. The van der Waals surface area contributed by atoms with Crippen molar-refractivity contribution in [3.63, 3.8) is 0 Å². The van der Waals surface area contributed by atoms with E-state index >= 15 is 0 Å². The molecule has 8 heteroatoms. The van der Waals surface area contributed by atoms with Crippen molar-refractivity contribution in [2.45, 2.75) is 32.2 Å². The molecule has 2 aromatic carbocycles. The molecular weight excluding hydrogens is 462 g/mol. The highest BCUT2D eigenvalue weighted by atomic mass is 16.5. The fourth-order valence-corrected chi connectivity index (χ4v) is 4.25. The van der Waals surface area contributed by atoms with Gasteiger partial charge in [-0.25, -0.2) is 0 Å². The van der Waals surface area contributed by atoms with Crippen molar-refractivity contribution in [1.82, 2.24) is 0 Å². The molecule has 188 valence electrons.